The van der Waals surface area contributed by atoms with E-state index in [0.29, 0.717) is 24.3 Å². The topological polar surface area (TPSA) is 32.5 Å². The van der Waals surface area contributed by atoms with Crippen LogP contribution in [0.3, 0.4) is 0 Å². The molecule has 0 amide bonds. The molecule has 1 aliphatic rings. The van der Waals surface area contributed by atoms with Crippen molar-refractivity contribution in [3.05, 3.63) is 29.6 Å². The summed E-state index contributed by atoms with van der Waals surface area (Å²) < 4.78 is 51.0. The maximum Gasteiger partial charge on any atom is 0.401 e. The SMILES string of the molecule is CC(N)c1ccc(N2CCN(CC(F)(F)F)CC2)c(F)c1. The molecule has 1 heterocycles. The van der Waals surface area contributed by atoms with Crippen LogP contribution < -0.4 is 10.6 Å². The van der Waals surface area contributed by atoms with Gasteiger partial charge in [-0.3, -0.25) is 4.90 Å². The molecule has 1 fully saturated rings. The predicted molar refractivity (Wildman–Crippen MR) is 73.7 cm³/mol. The Morgan fingerprint density at radius 1 is 1.19 bits per heavy atom. The molecular formula is C14H19F4N3. The molecule has 1 saturated heterocycles. The van der Waals surface area contributed by atoms with E-state index in [-0.39, 0.29) is 24.9 Å². The number of hydrogen-bond acceptors (Lipinski definition) is 3. The van der Waals surface area contributed by atoms with Crippen molar-refractivity contribution < 1.29 is 17.6 Å². The lowest BCUT2D eigenvalue weighted by molar-refractivity contribution is -0.146. The van der Waals surface area contributed by atoms with E-state index in [1.54, 1.807) is 24.0 Å². The molecule has 2 rings (SSSR count). The molecule has 0 aliphatic carbocycles. The largest absolute Gasteiger partial charge is 0.401 e. The van der Waals surface area contributed by atoms with Gasteiger partial charge in [-0.2, -0.15) is 13.2 Å². The van der Waals surface area contributed by atoms with Crippen molar-refractivity contribution in [2.45, 2.75) is 19.1 Å². The minimum atomic E-state index is -4.19. The number of rotatable bonds is 3. The number of anilines is 1. The Hall–Kier alpha value is -1.34. The van der Waals surface area contributed by atoms with E-state index in [1.165, 1.54) is 11.0 Å². The lowest BCUT2D eigenvalue weighted by Gasteiger charge is -2.36. The molecule has 2 N–H and O–H groups in total. The van der Waals surface area contributed by atoms with E-state index < -0.39 is 12.7 Å². The average molecular weight is 305 g/mol. The van der Waals surface area contributed by atoms with Gasteiger partial charge in [0.15, 0.2) is 0 Å². The summed E-state index contributed by atoms with van der Waals surface area (Å²) in [7, 11) is 0. The zero-order valence-electron chi connectivity index (χ0n) is 11.8. The summed E-state index contributed by atoms with van der Waals surface area (Å²) in [4.78, 5) is 3.11. The molecule has 1 aliphatic heterocycles. The molecule has 0 bridgehead atoms. The fourth-order valence-corrected chi connectivity index (χ4v) is 2.46. The third-order valence-electron chi connectivity index (χ3n) is 3.61. The van der Waals surface area contributed by atoms with Crippen LogP contribution in [-0.2, 0) is 0 Å². The molecule has 1 atom stereocenters. The first-order valence-corrected chi connectivity index (χ1v) is 6.85. The van der Waals surface area contributed by atoms with Gasteiger partial charge in [-0.05, 0) is 24.6 Å². The Kier molecular flexibility index (Phi) is 4.73. The van der Waals surface area contributed by atoms with Gasteiger partial charge >= 0.3 is 6.18 Å². The number of nitrogens with two attached hydrogens (primary N) is 1. The van der Waals surface area contributed by atoms with Crippen LogP contribution in [0.25, 0.3) is 0 Å². The molecule has 0 saturated carbocycles. The van der Waals surface area contributed by atoms with E-state index in [9.17, 15) is 17.6 Å². The highest BCUT2D eigenvalue weighted by molar-refractivity contribution is 5.50. The van der Waals surface area contributed by atoms with E-state index in [2.05, 4.69) is 0 Å². The molecule has 0 radical (unpaired) electrons. The van der Waals surface area contributed by atoms with Crippen LogP contribution >= 0.6 is 0 Å². The van der Waals surface area contributed by atoms with Crippen LogP contribution in [0, 0.1) is 5.82 Å². The Balaban J connectivity index is 1.99. The second kappa shape index (κ2) is 6.19. The average Bonchev–Trinajstić information content (AvgIpc) is 2.38. The van der Waals surface area contributed by atoms with Crippen LogP contribution in [0.5, 0.6) is 0 Å². The van der Waals surface area contributed by atoms with Gasteiger partial charge in [0, 0.05) is 32.2 Å². The van der Waals surface area contributed by atoms with Gasteiger partial charge in [-0.1, -0.05) is 6.07 Å². The highest BCUT2D eigenvalue weighted by atomic mass is 19.4. The molecular weight excluding hydrogens is 286 g/mol. The monoisotopic (exact) mass is 305 g/mol. The minimum Gasteiger partial charge on any atom is -0.367 e. The van der Waals surface area contributed by atoms with E-state index in [0.717, 1.165) is 0 Å². The molecule has 0 spiro atoms. The lowest BCUT2D eigenvalue weighted by Crippen LogP contribution is -2.49. The van der Waals surface area contributed by atoms with E-state index in [4.69, 9.17) is 5.73 Å². The third kappa shape index (κ3) is 4.31. The molecule has 1 unspecified atom stereocenters. The minimum absolute atomic E-state index is 0.253. The number of piperazine rings is 1. The second-order valence-electron chi connectivity index (χ2n) is 5.38. The van der Waals surface area contributed by atoms with Crippen molar-refractivity contribution in [2.24, 2.45) is 5.73 Å². The quantitative estimate of drug-likeness (QED) is 0.871. The summed E-state index contributed by atoms with van der Waals surface area (Å²) in [6.07, 6.45) is -4.19. The molecule has 1 aromatic rings. The summed E-state index contributed by atoms with van der Waals surface area (Å²) in [5.74, 6) is -0.380. The zero-order valence-corrected chi connectivity index (χ0v) is 11.8. The molecule has 0 aromatic heterocycles. The van der Waals surface area contributed by atoms with Crippen molar-refractivity contribution in [3.63, 3.8) is 0 Å². The number of halogens is 4. The first-order chi connectivity index (χ1) is 9.76. The van der Waals surface area contributed by atoms with Crippen molar-refractivity contribution >= 4 is 5.69 Å². The van der Waals surface area contributed by atoms with Gasteiger partial charge in [0.2, 0.25) is 0 Å². The predicted octanol–water partition coefficient (Wildman–Crippen LogP) is 2.53. The summed E-state index contributed by atoms with van der Waals surface area (Å²) in [6.45, 7) is 2.16. The lowest BCUT2D eigenvalue weighted by atomic mass is 10.1. The van der Waals surface area contributed by atoms with Crippen LogP contribution in [-0.4, -0.2) is 43.8 Å². The van der Waals surface area contributed by atoms with Gasteiger partial charge in [-0.25, -0.2) is 4.39 Å². The van der Waals surface area contributed by atoms with Crippen LogP contribution in [0.4, 0.5) is 23.2 Å². The summed E-state index contributed by atoms with van der Waals surface area (Å²) in [5.41, 5.74) is 6.82. The molecule has 7 heteroatoms. The van der Waals surface area contributed by atoms with E-state index in [1.807, 2.05) is 0 Å². The summed E-state index contributed by atoms with van der Waals surface area (Å²) in [5, 5.41) is 0. The van der Waals surface area contributed by atoms with Gasteiger partial charge in [0.1, 0.15) is 5.82 Å². The van der Waals surface area contributed by atoms with E-state index >= 15 is 0 Å². The number of nitrogens with zero attached hydrogens (tertiary/aromatic N) is 2. The Morgan fingerprint density at radius 3 is 2.29 bits per heavy atom. The zero-order chi connectivity index (χ0) is 15.6. The van der Waals surface area contributed by atoms with Gasteiger partial charge in [0.25, 0.3) is 0 Å². The highest BCUT2D eigenvalue weighted by Crippen LogP contribution is 2.25. The first kappa shape index (κ1) is 16.0. The van der Waals surface area contributed by atoms with Gasteiger partial charge < -0.3 is 10.6 Å². The fourth-order valence-electron chi connectivity index (χ4n) is 2.46. The maximum absolute atomic E-state index is 14.1. The maximum atomic E-state index is 14.1. The summed E-state index contributed by atoms with van der Waals surface area (Å²) >= 11 is 0. The van der Waals surface area contributed by atoms with Crippen molar-refractivity contribution in [2.75, 3.05) is 37.6 Å². The third-order valence-corrected chi connectivity index (χ3v) is 3.61. The van der Waals surface area contributed by atoms with Crippen LogP contribution in [0.2, 0.25) is 0 Å². The molecule has 21 heavy (non-hydrogen) atoms. The van der Waals surface area contributed by atoms with Crippen molar-refractivity contribution in [1.82, 2.24) is 4.90 Å². The standard InChI is InChI=1S/C14H19F4N3/c1-10(19)11-2-3-13(12(15)8-11)21-6-4-20(5-7-21)9-14(16,17)18/h2-3,8,10H,4-7,9,19H2,1H3. The Bertz CT molecular complexity index is 480. The molecule has 118 valence electrons. The highest BCUT2D eigenvalue weighted by Gasteiger charge is 2.32. The first-order valence-electron chi connectivity index (χ1n) is 6.85. The van der Waals surface area contributed by atoms with Crippen LogP contribution in [0.1, 0.15) is 18.5 Å². The molecule has 1 aromatic carbocycles. The fraction of sp³-hybridized carbons (Fsp3) is 0.571. The smallest absolute Gasteiger partial charge is 0.367 e. The molecule has 3 nitrogen and oxygen atoms in total. The summed E-state index contributed by atoms with van der Waals surface area (Å²) in [6, 6.07) is 4.54. The number of hydrogen-bond donors (Lipinski definition) is 1. The number of benzene rings is 1. The van der Waals surface area contributed by atoms with Crippen molar-refractivity contribution in [3.8, 4) is 0 Å². The van der Waals surface area contributed by atoms with Crippen molar-refractivity contribution in [1.29, 1.82) is 0 Å². The number of alkyl halides is 3. The van der Waals surface area contributed by atoms with Crippen LogP contribution in [0.15, 0.2) is 18.2 Å². The Labute approximate surface area is 121 Å². The van der Waals surface area contributed by atoms with Gasteiger partial charge in [-0.15, -0.1) is 0 Å². The second-order valence-corrected chi connectivity index (χ2v) is 5.38. The van der Waals surface area contributed by atoms with Gasteiger partial charge in [0.05, 0.1) is 12.2 Å². The normalized spacial score (nSPS) is 18.9. The Morgan fingerprint density at radius 2 is 1.81 bits per heavy atom.